The molecule has 9 heavy (non-hydrogen) atoms. The van der Waals surface area contributed by atoms with Gasteiger partial charge in [-0.2, -0.15) is 0 Å². The Labute approximate surface area is 98.4 Å². The molecule has 0 atom stereocenters. The third kappa shape index (κ3) is 3.33. The molecule has 0 aliphatic carbocycles. The van der Waals surface area contributed by atoms with Crippen LogP contribution in [-0.4, -0.2) is 51.4 Å². The minimum absolute atomic E-state index is 0. The van der Waals surface area contributed by atoms with E-state index in [0.717, 1.165) is 0 Å². The molecule has 0 heterocycles. The summed E-state index contributed by atoms with van der Waals surface area (Å²) in [5.41, 5.74) is 1.17. The maximum absolute atomic E-state index is 3.63. The van der Waals surface area contributed by atoms with Crippen LogP contribution in [0, 0.1) is 0 Å². The van der Waals surface area contributed by atoms with E-state index in [1.165, 1.54) is 5.56 Å². The minimum Gasteiger partial charge on any atom is -0.0985 e. The average Bonchev–Trinajstić information content (AvgIpc) is 1.90. The fourth-order valence-electron chi connectivity index (χ4n) is 0.589. The first-order chi connectivity index (χ1) is 3.93. The van der Waals surface area contributed by atoms with Crippen molar-refractivity contribution < 1.29 is 0 Å². The second-order valence-electron chi connectivity index (χ2n) is 1.61. The molecule has 0 N–H and O–H groups in total. The second-order valence-corrected chi connectivity index (χ2v) is 1.61. The van der Waals surface area contributed by atoms with E-state index >= 15 is 0 Å². The van der Waals surface area contributed by atoms with Gasteiger partial charge in [0, 0.05) is 51.4 Å². The smallest absolute Gasteiger partial charge is 0 e. The SMILES string of the molecule is C=Cc1ccccc1.[K]. The van der Waals surface area contributed by atoms with Gasteiger partial charge in [-0.15, -0.1) is 0 Å². The van der Waals surface area contributed by atoms with Gasteiger partial charge in [0.2, 0.25) is 0 Å². The second kappa shape index (κ2) is 5.39. The molecule has 0 aliphatic rings. The first-order valence-corrected chi connectivity index (χ1v) is 2.61. The van der Waals surface area contributed by atoms with Gasteiger partial charge in [0.1, 0.15) is 0 Å². The summed E-state index contributed by atoms with van der Waals surface area (Å²) in [6.45, 7) is 3.63. The predicted octanol–water partition coefficient (Wildman–Crippen LogP) is 1.95. The first-order valence-electron chi connectivity index (χ1n) is 2.61. The molecule has 1 rings (SSSR count). The van der Waals surface area contributed by atoms with Crippen LogP contribution in [0.25, 0.3) is 6.08 Å². The molecule has 0 aromatic heterocycles. The molecule has 0 saturated heterocycles. The first kappa shape index (κ1) is 9.60. The molecule has 41 valence electrons. The molecule has 0 spiro atoms. The third-order valence-corrected chi connectivity index (χ3v) is 1.04. The van der Waals surface area contributed by atoms with Crippen LogP contribution in [0.3, 0.4) is 0 Å². The van der Waals surface area contributed by atoms with E-state index in [9.17, 15) is 0 Å². The normalized spacial score (nSPS) is 7.56. The molecule has 0 saturated carbocycles. The summed E-state index contributed by atoms with van der Waals surface area (Å²) in [6, 6.07) is 10.0. The van der Waals surface area contributed by atoms with Crippen molar-refractivity contribution in [2.45, 2.75) is 0 Å². The van der Waals surface area contributed by atoms with Gasteiger partial charge in [-0.3, -0.25) is 0 Å². The molecule has 0 nitrogen and oxygen atoms in total. The summed E-state index contributed by atoms with van der Waals surface area (Å²) < 4.78 is 0. The van der Waals surface area contributed by atoms with Crippen LogP contribution in [0.1, 0.15) is 5.56 Å². The number of hydrogen-bond acceptors (Lipinski definition) is 0. The standard InChI is InChI=1S/C8H8.K/c1-2-8-6-4-3-5-7-8;/h2-7H,1H2;. The summed E-state index contributed by atoms with van der Waals surface area (Å²) in [5, 5.41) is 0. The molecule has 1 radical (unpaired) electrons. The maximum atomic E-state index is 3.63. The van der Waals surface area contributed by atoms with Gasteiger partial charge in [0.05, 0.1) is 0 Å². The number of rotatable bonds is 1. The number of benzene rings is 1. The van der Waals surface area contributed by atoms with Gasteiger partial charge in [-0.1, -0.05) is 43.0 Å². The molecular formula is C8H8K. The molecule has 1 heteroatoms. The van der Waals surface area contributed by atoms with Crippen LogP contribution in [0.5, 0.6) is 0 Å². The molecule has 0 unspecified atom stereocenters. The monoisotopic (exact) mass is 143 g/mol. The van der Waals surface area contributed by atoms with Crippen molar-refractivity contribution in [2.75, 3.05) is 0 Å². The van der Waals surface area contributed by atoms with E-state index in [1.54, 1.807) is 0 Å². The average molecular weight is 143 g/mol. The summed E-state index contributed by atoms with van der Waals surface area (Å²) in [5.74, 6) is 0. The van der Waals surface area contributed by atoms with Crippen LogP contribution < -0.4 is 0 Å². The van der Waals surface area contributed by atoms with E-state index in [-0.39, 0.29) is 51.4 Å². The Morgan fingerprint density at radius 3 is 2.00 bits per heavy atom. The van der Waals surface area contributed by atoms with Gasteiger partial charge in [0.15, 0.2) is 0 Å². The Balaban J connectivity index is 0.000000640. The van der Waals surface area contributed by atoms with Crippen LogP contribution in [0.2, 0.25) is 0 Å². The summed E-state index contributed by atoms with van der Waals surface area (Å²) in [7, 11) is 0. The molecule has 0 amide bonds. The number of hydrogen-bond donors (Lipinski definition) is 0. The van der Waals surface area contributed by atoms with Gasteiger partial charge in [0.25, 0.3) is 0 Å². The quantitative estimate of drug-likeness (QED) is 0.527. The molecule has 0 fully saturated rings. The van der Waals surface area contributed by atoms with Gasteiger partial charge < -0.3 is 0 Å². The fourth-order valence-corrected chi connectivity index (χ4v) is 0.589. The van der Waals surface area contributed by atoms with Crippen molar-refractivity contribution in [2.24, 2.45) is 0 Å². The van der Waals surface area contributed by atoms with E-state index in [0.29, 0.717) is 0 Å². The zero-order valence-corrected chi connectivity index (χ0v) is 8.79. The van der Waals surface area contributed by atoms with Gasteiger partial charge >= 0.3 is 0 Å². The van der Waals surface area contributed by atoms with E-state index in [4.69, 9.17) is 0 Å². The Bertz CT molecular complexity index is 167. The Morgan fingerprint density at radius 1 is 1.11 bits per heavy atom. The van der Waals surface area contributed by atoms with E-state index < -0.39 is 0 Å². The van der Waals surface area contributed by atoms with Crippen molar-refractivity contribution in [3.05, 3.63) is 42.5 Å². The molecule has 1 aromatic carbocycles. The van der Waals surface area contributed by atoms with Crippen molar-refractivity contribution in [3.8, 4) is 0 Å². The minimum atomic E-state index is 0. The summed E-state index contributed by atoms with van der Waals surface area (Å²) in [6.07, 6.45) is 1.83. The van der Waals surface area contributed by atoms with Crippen molar-refractivity contribution in [3.63, 3.8) is 0 Å². The van der Waals surface area contributed by atoms with Crippen LogP contribution in [0.15, 0.2) is 36.9 Å². The van der Waals surface area contributed by atoms with Crippen molar-refractivity contribution >= 4 is 57.5 Å². The van der Waals surface area contributed by atoms with Crippen molar-refractivity contribution in [1.82, 2.24) is 0 Å². The Hall–Kier alpha value is 0.596. The molecule has 0 bridgehead atoms. The summed E-state index contributed by atoms with van der Waals surface area (Å²) in [4.78, 5) is 0. The molecule has 1 aromatic rings. The predicted molar refractivity (Wildman–Crippen MR) is 42.3 cm³/mol. The zero-order chi connectivity index (χ0) is 5.82. The molecule has 0 aliphatic heterocycles. The third-order valence-electron chi connectivity index (χ3n) is 1.04. The van der Waals surface area contributed by atoms with Crippen LogP contribution in [-0.2, 0) is 0 Å². The van der Waals surface area contributed by atoms with Crippen LogP contribution in [0.4, 0.5) is 0 Å². The Morgan fingerprint density at radius 2 is 1.67 bits per heavy atom. The molecular weight excluding hydrogens is 135 g/mol. The maximum Gasteiger partial charge on any atom is 0 e. The largest absolute Gasteiger partial charge is 0.0985 e. The summed E-state index contributed by atoms with van der Waals surface area (Å²) >= 11 is 0. The van der Waals surface area contributed by atoms with Crippen molar-refractivity contribution in [1.29, 1.82) is 0 Å². The topological polar surface area (TPSA) is 0 Å². The van der Waals surface area contributed by atoms with Gasteiger partial charge in [-0.05, 0) is 5.56 Å². The van der Waals surface area contributed by atoms with E-state index in [2.05, 4.69) is 6.58 Å². The van der Waals surface area contributed by atoms with E-state index in [1.807, 2.05) is 36.4 Å². The zero-order valence-electron chi connectivity index (χ0n) is 5.67. The van der Waals surface area contributed by atoms with Gasteiger partial charge in [-0.25, -0.2) is 0 Å². The Kier molecular flexibility index (Phi) is 5.74. The fraction of sp³-hybridized carbons (Fsp3) is 0. The van der Waals surface area contributed by atoms with Crippen LogP contribution >= 0.6 is 0 Å².